The molecular weight excluding hydrogens is 469 g/mol. The van der Waals surface area contributed by atoms with Crippen LogP contribution in [0.25, 0.3) is 0 Å². The highest BCUT2D eigenvalue weighted by Crippen LogP contribution is 2.35. The summed E-state index contributed by atoms with van der Waals surface area (Å²) in [6.07, 6.45) is -2.06. The van der Waals surface area contributed by atoms with Gasteiger partial charge in [0.1, 0.15) is 5.75 Å². The molecular formula is C22H21ClF5N3O2. The summed E-state index contributed by atoms with van der Waals surface area (Å²) in [4.78, 5) is 20.9. The molecule has 1 aromatic heterocycles. The maximum Gasteiger partial charge on any atom is 0.417 e. The van der Waals surface area contributed by atoms with Crippen molar-refractivity contribution in [3.8, 4) is 5.75 Å². The molecule has 2 fully saturated rings. The zero-order chi connectivity index (χ0) is 23.8. The van der Waals surface area contributed by atoms with Gasteiger partial charge in [-0.3, -0.25) is 14.7 Å². The Labute approximate surface area is 192 Å². The number of hydrogen-bond donors (Lipinski definition) is 0. The molecule has 0 radical (unpaired) electrons. The Hall–Kier alpha value is -2.46. The van der Waals surface area contributed by atoms with Crippen LogP contribution < -0.4 is 4.74 Å². The van der Waals surface area contributed by atoms with Crippen molar-refractivity contribution < 1.29 is 31.5 Å². The number of amides is 1. The molecule has 1 amide bonds. The van der Waals surface area contributed by atoms with Crippen molar-refractivity contribution >= 4 is 17.5 Å². The van der Waals surface area contributed by atoms with Gasteiger partial charge in [-0.15, -0.1) is 0 Å². The van der Waals surface area contributed by atoms with E-state index in [1.807, 2.05) is 0 Å². The number of carbonyl (C=O) groups is 1. The molecule has 5 nitrogen and oxygen atoms in total. The Balaban J connectivity index is 1.40. The van der Waals surface area contributed by atoms with Gasteiger partial charge < -0.3 is 9.64 Å². The maximum absolute atomic E-state index is 13.0. The SMILES string of the molecule is O=C(c1cccc(OC(F)F)c1Cl)N1CCN2C[C@@H](c3ccc(C(F)(F)F)cn3)CC[C@@H]2C1. The van der Waals surface area contributed by atoms with E-state index in [2.05, 4.69) is 14.6 Å². The zero-order valence-corrected chi connectivity index (χ0v) is 18.1. The number of rotatable bonds is 4. The first-order valence-electron chi connectivity index (χ1n) is 10.4. The lowest BCUT2D eigenvalue weighted by molar-refractivity contribution is -0.137. The van der Waals surface area contributed by atoms with Crippen molar-refractivity contribution in [3.63, 3.8) is 0 Å². The van der Waals surface area contributed by atoms with E-state index in [-0.39, 0.29) is 34.2 Å². The summed E-state index contributed by atoms with van der Waals surface area (Å²) in [5.74, 6) is -0.588. The zero-order valence-electron chi connectivity index (χ0n) is 17.4. The Morgan fingerprint density at radius 3 is 2.58 bits per heavy atom. The molecule has 4 rings (SSSR count). The third-order valence-electron chi connectivity index (χ3n) is 6.14. The fourth-order valence-corrected chi connectivity index (χ4v) is 4.70. The van der Waals surface area contributed by atoms with Crippen LogP contribution in [-0.4, -0.2) is 59.5 Å². The monoisotopic (exact) mass is 489 g/mol. The number of halogens is 6. The second-order valence-corrected chi connectivity index (χ2v) is 8.52. The normalized spacial score (nSPS) is 21.7. The highest BCUT2D eigenvalue weighted by atomic mass is 35.5. The van der Waals surface area contributed by atoms with Gasteiger partial charge in [-0.25, -0.2) is 0 Å². The first-order valence-corrected chi connectivity index (χ1v) is 10.8. The van der Waals surface area contributed by atoms with Crippen LogP contribution >= 0.6 is 11.6 Å². The van der Waals surface area contributed by atoms with Gasteiger partial charge in [-0.05, 0) is 37.1 Å². The van der Waals surface area contributed by atoms with Crippen molar-refractivity contribution in [2.45, 2.75) is 37.6 Å². The minimum absolute atomic E-state index is 0.0170. The van der Waals surface area contributed by atoms with Crippen molar-refractivity contribution in [2.75, 3.05) is 26.2 Å². The van der Waals surface area contributed by atoms with Crippen molar-refractivity contribution in [3.05, 3.63) is 58.4 Å². The number of benzene rings is 1. The molecule has 0 N–H and O–H groups in total. The van der Waals surface area contributed by atoms with Crippen LogP contribution in [0.1, 0.15) is 40.4 Å². The highest BCUT2D eigenvalue weighted by molar-refractivity contribution is 6.35. The lowest BCUT2D eigenvalue weighted by Gasteiger charge is -2.46. The summed E-state index contributed by atoms with van der Waals surface area (Å²) < 4.78 is 67.8. The molecule has 0 bridgehead atoms. The van der Waals surface area contributed by atoms with E-state index >= 15 is 0 Å². The van der Waals surface area contributed by atoms with E-state index in [0.29, 0.717) is 31.9 Å². The van der Waals surface area contributed by atoms with Crippen molar-refractivity contribution in [1.29, 1.82) is 0 Å². The average Bonchev–Trinajstić information content (AvgIpc) is 2.78. The molecule has 0 saturated carbocycles. The number of hydrogen-bond acceptors (Lipinski definition) is 4. The number of nitrogens with zero attached hydrogens (tertiary/aromatic N) is 3. The van der Waals surface area contributed by atoms with Gasteiger partial charge in [0.2, 0.25) is 0 Å². The minimum Gasteiger partial charge on any atom is -0.433 e. The van der Waals surface area contributed by atoms with Crippen molar-refractivity contribution in [1.82, 2.24) is 14.8 Å². The van der Waals surface area contributed by atoms with Crippen LogP contribution in [0, 0.1) is 0 Å². The molecule has 0 unspecified atom stereocenters. The Morgan fingerprint density at radius 1 is 1.12 bits per heavy atom. The van der Waals surface area contributed by atoms with Crippen LogP contribution in [0.4, 0.5) is 22.0 Å². The summed E-state index contributed by atoms with van der Waals surface area (Å²) in [5.41, 5.74) is -0.0396. The Kier molecular flexibility index (Phi) is 6.76. The van der Waals surface area contributed by atoms with Crippen LogP contribution in [0.15, 0.2) is 36.5 Å². The summed E-state index contributed by atoms with van der Waals surface area (Å²) in [6, 6.07) is 6.77. The molecule has 0 spiro atoms. The second kappa shape index (κ2) is 9.42. The predicted octanol–water partition coefficient (Wildman–Crippen LogP) is 5.06. The van der Waals surface area contributed by atoms with E-state index < -0.39 is 18.4 Å². The second-order valence-electron chi connectivity index (χ2n) is 8.14. The molecule has 178 valence electrons. The largest absolute Gasteiger partial charge is 0.433 e. The molecule has 2 atom stereocenters. The number of aromatic nitrogens is 1. The Morgan fingerprint density at radius 2 is 1.91 bits per heavy atom. The van der Waals surface area contributed by atoms with Gasteiger partial charge in [0.25, 0.3) is 5.91 Å². The number of piperidine rings is 1. The molecule has 0 aliphatic carbocycles. The highest BCUT2D eigenvalue weighted by Gasteiger charge is 2.36. The molecule has 11 heteroatoms. The number of alkyl halides is 5. The molecule has 2 aromatic rings. The molecule has 1 aromatic carbocycles. The van der Waals surface area contributed by atoms with Crippen LogP contribution in [-0.2, 0) is 6.18 Å². The minimum atomic E-state index is -4.42. The number of ether oxygens (including phenoxy) is 1. The summed E-state index contributed by atoms with van der Waals surface area (Å²) in [6.45, 7) is -0.964. The first kappa shape index (κ1) is 23.7. The topological polar surface area (TPSA) is 45.7 Å². The molecule has 2 aliphatic heterocycles. The molecule has 33 heavy (non-hydrogen) atoms. The lowest BCUT2D eigenvalue weighted by atomic mass is 9.88. The van der Waals surface area contributed by atoms with E-state index in [0.717, 1.165) is 25.1 Å². The lowest BCUT2D eigenvalue weighted by Crippen LogP contribution is -2.57. The van der Waals surface area contributed by atoms with Crippen LogP contribution in [0.5, 0.6) is 5.75 Å². The first-order chi connectivity index (χ1) is 15.6. The third kappa shape index (κ3) is 5.22. The van der Waals surface area contributed by atoms with E-state index in [4.69, 9.17) is 11.6 Å². The summed E-state index contributed by atoms with van der Waals surface area (Å²) in [5, 5.41) is -0.151. The third-order valence-corrected chi connectivity index (χ3v) is 6.53. The van der Waals surface area contributed by atoms with Crippen LogP contribution in [0.3, 0.4) is 0 Å². The summed E-state index contributed by atoms with van der Waals surface area (Å²) in [7, 11) is 0. The maximum atomic E-state index is 13.0. The quantitative estimate of drug-likeness (QED) is 0.563. The van der Waals surface area contributed by atoms with Crippen LogP contribution in [0.2, 0.25) is 5.02 Å². The number of piperazine rings is 1. The standard InChI is InChI=1S/C22H21ClF5N3O2/c23-19-16(2-1-3-18(19)33-21(24)25)20(32)31-9-8-30-11-13(4-6-15(30)12-31)17-7-5-14(10-29-17)22(26,27)28/h1-3,5,7,10,13,15,21H,4,6,8-9,11-12H2/t13-,15+/m0/s1. The van der Waals surface area contributed by atoms with E-state index in [9.17, 15) is 26.7 Å². The number of pyridine rings is 1. The predicted molar refractivity (Wildman–Crippen MR) is 111 cm³/mol. The van der Waals surface area contributed by atoms with Gasteiger partial charge in [-0.2, -0.15) is 22.0 Å². The molecule has 3 heterocycles. The number of carbonyl (C=O) groups excluding carboxylic acids is 1. The van der Waals surface area contributed by atoms with Gasteiger partial charge in [0, 0.05) is 50.0 Å². The molecule has 2 aliphatic rings. The Bertz CT molecular complexity index is 1000. The fraction of sp³-hybridized carbons (Fsp3) is 0.455. The van der Waals surface area contributed by atoms with E-state index in [1.54, 1.807) is 4.90 Å². The van der Waals surface area contributed by atoms with Gasteiger partial charge >= 0.3 is 12.8 Å². The smallest absolute Gasteiger partial charge is 0.417 e. The number of fused-ring (bicyclic) bond motifs is 1. The summed E-state index contributed by atoms with van der Waals surface area (Å²) >= 11 is 6.14. The van der Waals surface area contributed by atoms with Gasteiger partial charge in [0.05, 0.1) is 16.1 Å². The fourth-order valence-electron chi connectivity index (χ4n) is 4.45. The van der Waals surface area contributed by atoms with E-state index in [1.165, 1.54) is 24.3 Å². The molecule has 2 saturated heterocycles. The average molecular weight is 490 g/mol. The van der Waals surface area contributed by atoms with Gasteiger partial charge in [-0.1, -0.05) is 17.7 Å². The van der Waals surface area contributed by atoms with Crippen molar-refractivity contribution in [2.24, 2.45) is 0 Å². The van der Waals surface area contributed by atoms with Gasteiger partial charge in [0.15, 0.2) is 0 Å².